The number of aromatic nitrogens is 2. The van der Waals surface area contributed by atoms with Gasteiger partial charge in [-0.1, -0.05) is 17.8 Å². The summed E-state index contributed by atoms with van der Waals surface area (Å²) < 4.78 is 5.30. The summed E-state index contributed by atoms with van der Waals surface area (Å²) in [5.74, 6) is 0.862. The highest BCUT2D eigenvalue weighted by molar-refractivity contribution is 7.99. The van der Waals surface area contributed by atoms with E-state index in [0.29, 0.717) is 5.25 Å². The Labute approximate surface area is 122 Å². The largest absolute Gasteiger partial charge is 0.497 e. The highest BCUT2D eigenvalue weighted by Crippen LogP contribution is 2.38. The third kappa shape index (κ3) is 2.64. The number of benzene rings is 1. The molecule has 1 aromatic heterocycles. The van der Waals surface area contributed by atoms with Crippen molar-refractivity contribution in [3.63, 3.8) is 0 Å². The van der Waals surface area contributed by atoms with Crippen molar-refractivity contribution in [2.24, 2.45) is 5.73 Å². The molecule has 5 heteroatoms. The zero-order chi connectivity index (χ0) is 13.9. The second-order valence-corrected chi connectivity index (χ2v) is 6.02. The predicted octanol–water partition coefficient (Wildman–Crippen LogP) is 2.59. The number of rotatable bonds is 3. The Kier molecular flexibility index (Phi) is 3.89. The lowest BCUT2D eigenvalue weighted by atomic mass is 9.87. The van der Waals surface area contributed by atoms with E-state index in [2.05, 4.69) is 22.1 Å². The molecule has 2 unspecified atom stereocenters. The van der Waals surface area contributed by atoms with Crippen molar-refractivity contribution in [3.8, 4) is 5.75 Å². The van der Waals surface area contributed by atoms with Gasteiger partial charge in [0.1, 0.15) is 5.75 Å². The standard InChI is InChI=1S/C15H17N3OS/c1-19-11-5-3-10-4-6-13(14(16)12(10)9-11)20-15-17-7-2-8-18-15/h2-3,5,7-9,13-14H,4,6,16H2,1H3. The van der Waals surface area contributed by atoms with Crippen LogP contribution in [0, 0.1) is 0 Å². The summed E-state index contributed by atoms with van der Waals surface area (Å²) in [5.41, 5.74) is 8.94. The highest BCUT2D eigenvalue weighted by Gasteiger charge is 2.28. The summed E-state index contributed by atoms with van der Waals surface area (Å²) >= 11 is 1.66. The molecule has 0 aliphatic heterocycles. The molecule has 4 nitrogen and oxygen atoms in total. The molecule has 20 heavy (non-hydrogen) atoms. The van der Waals surface area contributed by atoms with Gasteiger partial charge in [0.2, 0.25) is 0 Å². The van der Waals surface area contributed by atoms with Gasteiger partial charge in [0.05, 0.1) is 7.11 Å². The first-order valence-corrected chi connectivity index (χ1v) is 7.52. The lowest BCUT2D eigenvalue weighted by Crippen LogP contribution is -2.29. The molecular formula is C15H17N3OS. The SMILES string of the molecule is COc1ccc2c(c1)C(N)C(Sc1ncccn1)CC2. The van der Waals surface area contributed by atoms with Gasteiger partial charge in [-0.2, -0.15) is 0 Å². The van der Waals surface area contributed by atoms with E-state index in [1.807, 2.05) is 12.1 Å². The van der Waals surface area contributed by atoms with Gasteiger partial charge in [-0.3, -0.25) is 0 Å². The molecule has 2 N–H and O–H groups in total. The Bertz CT molecular complexity index is 591. The smallest absolute Gasteiger partial charge is 0.187 e. The molecule has 0 radical (unpaired) electrons. The number of methoxy groups -OCH3 is 1. The normalized spacial score (nSPS) is 21.3. The maximum Gasteiger partial charge on any atom is 0.187 e. The summed E-state index contributed by atoms with van der Waals surface area (Å²) in [6.07, 6.45) is 5.61. The van der Waals surface area contributed by atoms with Gasteiger partial charge < -0.3 is 10.5 Å². The fraction of sp³-hybridized carbons (Fsp3) is 0.333. The number of nitrogens with zero attached hydrogens (tertiary/aromatic N) is 2. The second-order valence-electron chi connectivity index (χ2n) is 4.82. The molecule has 0 fully saturated rings. The van der Waals surface area contributed by atoms with Crippen LogP contribution in [-0.4, -0.2) is 22.3 Å². The van der Waals surface area contributed by atoms with E-state index in [1.54, 1.807) is 31.3 Å². The minimum Gasteiger partial charge on any atom is -0.497 e. The molecule has 0 bridgehead atoms. The Morgan fingerprint density at radius 2 is 2.10 bits per heavy atom. The van der Waals surface area contributed by atoms with Crippen LogP contribution in [-0.2, 0) is 6.42 Å². The van der Waals surface area contributed by atoms with Gasteiger partial charge in [-0.25, -0.2) is 9.97 Å². The Morgan fingerprint density at radius 3 is 2.85 bits per heavy atom. The average Bonchev–Trinajstić information content (AvgIpc) is 2.51. The van der Waals surface area contributed by atoms with Crippen LogP contribution in [0.4, 0.5) is 0 Å². The minimum atomic E-state index is -0.0114. The topological polar surface area (TPSA) is 61.0 Å². The van der Waals surface area contributed by atoms with Gasteiger partial charge in [-0.05, 0) is 42.2 Å². The van der Waals surface area contributed by atoms with Crippen LogP contribution < -0.4 is 10.5 Å². The van der Waals surface area contributed by atoms with Gasteiger partial charge in [-0.15, -0.1) is 0 Å². The molecule has 2 aromatic rings. The summed E-state index contributed by atoms with van der Waals surface area (Å²) in [6, 6.07) is 7.99. The number of aryl methyl sites for hydroxylation is 1. The Morgan fingerprint density at radius 1 is 1.30 bits per heavy atom. The average molecular weight is 287 g/mol. The molecule has 2 atom stereocenters. The van der Waals surface area contributed by atoms with E-state index < -0.39 is 0 Å². The molecule has 0 amide bonds. The summed E-state index contributed by atoms with van der Waals surface area (Å²) in [4.78, 5) is 8.54. The summed E-state index contributed by atoms with van der Waals surface area (Å²) in [5, 5.41) is 1.09. The van der Waals surface area contributed by atoms with Gasteiger partial charge in [0.25, 0.3) is 0 Å². The van der Waals surface area contributed by atoms with Crippen molar-refractivity contribution < 1.29 is 4.74 Å². The van der Waals surface area contributed by atoms with E-state index in [9.17, 15) is 0 Å². The molecule has 104 valence electrons. The van der Waals surface area contributed by atoms with Crippen LogP contribution in [0.2, 0.25) is 0 Å². The summed E-state index contributed by atoms with van der Waals surface area (Å²) in [7, 11) is 1.68. The fourth-order valence-electron chi connectivity index (χ4n) is 2.53. The Balaban J connectivity index is 1.83. The van der Waals surface area contributed by atoms with Crippen LogP contribution in [0.3, 0.4) is 0 Å². The number of hydrogen-bond acceptors (Lipinski definition) is 5. The number of thioether (sulfide) groups is 1. The third-order valence-electron chi connectivity index (χ3n) is 3.61. The van der Waals surface area contributed by atoms with Gasteiger partial charge in [0.15, 0.2) is 5.16 Å². The van der Waals surface area contributed by atoms with Crippen molar-refractivity contribution in [1.82, 2.24) is 9.97 Å². The van der Waals surface area contributed by atoms with Crippen LogP contribution in [0.1, 0.15) is 23.6 Å². The molecule has 3 rings (SSSR count). The van der Waals surface area contributed by atoms with E-state index in [0.717, 1.165) is 23.7 Å². The van der Waals surface area contributed by atoms with Crippen molar-refractivity contribution in [1.29, 1.82) is 0 Å². The minimum absolute atomic E-state index is 0.0114. The summed E-state index contributed by atoms with van der Waals surface area (Å²) in [6.45, 7) is 0. The van der Waals surface area contributed by atoms with Crippen molar-refractivity contribution in [2.75, 3.05) is 7.11 Å². The molecule has 1 aromatic carbocycles. The number of nitrogens with two attached hydrogens (primary N) is 1. The molecule has 1 aliphatic carbocycles. The highest BCUT2D eigenvalue weighted by atomic mass is 32.2. The number of ether oxygens (including phenoxy) is 1. The molecule has 0 saturated carbocycles. The zero-order valence-electron chi connectivity index (χ0n) is 11.3. The predicted molar refractivity (Wildman–Crippen MR) is 79.9 cm³/mol. The van der Waals surface area contributed by atoms with E-state index >= 15 is 0 Å². The lowest BCUT2D eigenvalue weighted by molar-refractivity contribution is 0.412. The first kappa shape index (κ1) is 13.4. The van der Waals surface area contributed by atoms with Crippen molar-refractivity contribution in [3.05, 3.63) is 47.8 Å². The quantitative estimate of drug-likeness (QED) is 0.879. The Hall–Kier alpha value is -1.59. The number of hydrogen-bond donors (Lipinski definition) is 1. The maximum atomic E-state index is 6.43. The second kappa shape index (κ2) is 5.81. The van der Waals surface area contributed by atoms with Crippen LogP contribution in [0.25, 0.3) is 0 Å². The van der Waals surface area contributed by atoms with Crippen molar-refractivity contribution >= 4 is 11.8 Å². The van der Waals surface area contributed by atoms with Crippen LogP contribution >= 0.6 is 11.8 Å². The van der Waals surface area contributed by atoms with Crippen LogP contribution in [0.15, 0.2) is 41.8 Å². The van der Waals surface area contributed by atoms with E-state index in [4.69, 9.17) is 10.5 Å². The first-order valence-electron chi connectivity index (χ1n) is 6.64. The van der Waals surface area contributed by atoms with Crippen molar-refractivity contribution in [2.45, 2.75) is 29.3 Å². The number of fused-ring (bicyclic) bond motifs is 1. The maximum absolute atomic E-state index is 6.43. The molecule has 1 heterocycles. The molecule has 0 saturated heterocycles. The van der Waals surface area contributed by atoms with Crippen LogP contribution in [0.5, 0.6) is 5.75 Å². The van der Waals surface area contributed by atoms with E-state index in [1.165, 1.54) is 11.1 Å². The molecule has 1 aliphatic rings. The molecule has 0 spiro atoms. The lowest BCUT2D eigenvalue weighted by Gasteiger charge is -2.30. The first-order chi connectivity index (χ1) is 9.78. The molecular weight excluding hydrogens is 270 g/mol. The fourth-order valence-corrected chi connectivity index (χ4v) is 3.57. The van der Waals surface area contributed by atoms with E-state index in [-0.39, 0.29) is 6.04 Å². The van der Waals surface area contributed by atoms with Gasteiger partial charge in [0, 0.05) is 23.7 Å². The monoisotopic (exact) mass is 287 g/mol. The third-order valence-corrected chi connectivity index (χ3v) is 4.86. The zero-order valence-corrected chi connectivity index (χ0v) is 12.1. The van der Waals surface area contributed by atoms with Gasteiger partial charge >= 0.3 is 0 Å².